The van der Waals surface area contributed by atoms with Crippen molar-refractivity contribution in [3.8, 4) is 11.5 Å². The fourth-order valence-electron chi connectivity index (χ4n) is 3.64. The first-order chi connectivity index (χ1) is 18.8. The third-order valence-electron chi connectivity index (χ3n) is 5.81. The largest absolute Gasteiger partial charge is 0.419 e. The quantitative estimate of drug-likeness (QED) is 0.192. The Balaban J connectivity index is 0.00000108. The van der Waals surface area contributed by atoms with Gasteiger partial charge in [-0.3, -0.25) is 4.55 Å². The number of ether oxygens (including phenoxy) is 2. The lowest BCUT2D eigenvalue weighted by atomic mass is 10.0. The van der Waals surface area contributed by atoms with E-state index < -0.39 is 28.2 Å². The third kappa shape index (κ3) is 11.4. The highest BCUT2D eigenvalue weighted by Crippen LogP contribution is 2.33. The first kappa shape index (κ1) is 33.6. The summed E-state index contributed by atoms with van der Waals surface area (Å²) in [4.78, 5) is 26.1. The minimum absolute atomic E-state index is 0.0619. The van der Waals surface area contributed by atoms with Crippen LogP contribution in [0, 0.1) is 27.7 Å². The van der Waals surface area contributed by atoms with Crippen LogP contribution < -0.4 is 14.8 Å². The lowest BCUT2D eigenvalue weighted by molar-refractivity contribution is 0.0680. The van der Waals surface area contributed by atoms with Crippen molar-refractivity contribution >= 4 is 22.1 Å². The number of rotatable bonds is 7. The molecule has 0 aromatic heterocycles. The summed E-state index contributed by atoms with van der Waals surface area (Å²) in [6.45, 7) is 13.8. The molecule has 0 aliphatic rings. The van der Waals surface area contributed by atoms with Gasteiger partial charge in [-0.25, -0.2) is 9.59 Å². The molecule has 0 aliphatic carbocycles. The molecule has 0 spiro atoms. The number of esters is 2. The lowest BCUT2D eigenvalue weighted by Crippen LogP contribution is -2.38. The molecular formula is C31H39NO8S. The first-order valence-corrected chi connectivity index (χ1v) is 14.8. The zero-order chi connectivity index (χ0) is 31.1. The van der Waals surface area contributed by atoms with E-state index in [1.165, 1.54) is 0 Å². The van der Waals surface area contributed by atoms with Crippen LogP contribution in [0.25, 0.3) is 0 Å². The fraction of sp³-hybridized carbons (Fsp3) is 0.355. The number of aliphatic hydroxyl groups excluding tert-OH is 1. The predicted octanol–water partition coefficient (Wildman–Crippen LogP) is 5.28. The molecule has 3 rings (SSSR count). The summed E-state index contributed by atoms with van der Waals surface area (Å²) in [5, 5.41) is 14.0. The van der Waals surface area contributed by atoms with Crippen molar-refractivity contribution in [1.82, 2.24) is 5.32 Å². The Morgan fingerprint density at radius 3 is 1.68 bits per heavy atom. The number of aliphatic hydroxyl groups is 1. The summed E-state index contributed by atoms with van der Waals surface area (Å²) in [7, 11) is -3.67. The van der Waals surface area contributed by atoms with Gasteiger partial charge in [0.25, 0.3) is 10.1 Å². The van der Waals surface area contributed by atoms with Gasteiger partial charge in [0.05, 0.1) is 23.5 Å². The van der Waals surface area contributed by atoms with Crippen molar-refractivity contribution in [2.24, 2.45) is 0 Å². The van der Waals surface area contributed by atoms with Crippen molar-refractivity contribution in [1.29, 1.82) is 0 Å². The lowest BCUT2D eigenvalue weighted by Gasteiger charge is -2.23. The number of carbonyl (C=O) groups excluding carboxylic acids is 2. The van der Waals surface area contributed by atoms with Gasteiger partial charge in [-0.1, -0.05) is 41.5 Å². The Kier molecular flexibility index (Phi) is 11.4. The monoisotopic (exact) mass is 585 g/mol. The van der Waals surface area contributed by atoms with Crippen LogP contribution in [0.3, 0.4) is 0 Å². The predicted molar refractivity (Wildman–Crippen MR) is 158 cm³/mol. The average Bonchev–Trinajstić information content (AvgIpc) is 2.84. The first-order valence-electron chi connectivity index (χ1n) is 12.9. The molecule has 3 N–H and O–H groups in total. The summed E-state index contributed by atoms with van der Waals surface area (Å²) in [5.41, 5.74) is 4.60. The molecule has 0 saturated carbocycles. The van der Waals surface area contributed by atoms with E-state index in [2.05, 4.69) is 5.32 Å². The number of benzene rings is 3. The Labute approximate surface area is 242 Å². The van der Waals surface area contributed by atoms with Crippen molar-refractivity contribution in [3.05, 3.63) is 93.5 Å². The molecular weight excluding hydrogens is 546 g/mol. The minimum Gasteiger partial charge on any atom is -0.419 e. The van der Waals surface area contributed by atoms with Crippen LogP contribution in [0.15, 0.2) is 54.6 Å². The molecule has 0 saturated heterocycles. The summed E-state index contributed by atoms with van der Waals surface area (Å²) in [6, 6.07) is 15.8. The number of hydrogen-bond acceptors (Lipinski definition) is 8. The molecule has 3 aromatic carbocycles. The van der Waals surface area contributed by atoms with E-state index in [0.717, 1.165) is 22.3 Å². The number of β-amino-alcohol motifs (C(OH)–C–C–N with tert-alkyl or cyclic N) is 1. The normalized spacial score (nSPS) is 12.1. The maximum absolute atomic E-state index is 13.1. The van der Waals surface area contributed by atoms with E-state index in [1.807, 2.05) is 72.7 Å². The number of carbonyl (C=O) groups is 2. The molecule has 0 heterocycles. The minimum atomic E-state index is -3.67. The second kappa shape index (κ2) is 13.9. The third-order valence-corrected chi connectivity index (χ3v) is 5.81. The molecule has 222 valence electrons. The second-order valence-corrected chi connectivity index (χ2v) is 12.5. The Bertz CT molecular complexity index is 1500. The molecule has 41 heavy (non-hydrogen) atoms. The highest BCUT2D eigenvalue weighted by molar-refractivity contribution is 7.85. The summed E-state index contributed by atoms with van der Waals surface area (Å²) in [5.74, 6) is -0.964. The Morgan fingerprint density at radius 1 is 0.805 bits per heavy atom. The van der Waals surface area contributed by atoms with Crippen LogP contribution >= 0.6 is 0 Å². The van der Waals surface area contributed by atoms with Gasteiger partial charge in [0.1, 0.15) is 0 Å². The molecule has 1 atom stereocenters. The van der Waals surface area contributed by atoms with Crippen LogP contribution in [0.2, 0.25) is 0 Å². The topological polar surface area (TPSA) is 139 Å². The van der Waals surface area contributed by atoms with Crippen LogP contribution in [0.5, 0.6) is 11.5 Å². The molecule has 10 heteroatoms. The van der Waals surface area contributed by atoms with Gasteiger partial charge in [0.2, 0.25) is 0 Å². The van der Waals surface area contributed by atoms with E-state index >= 15 is 0 Å². The van der Waals surface area contributed by atoms with Crippen molar-refractivity contribution in [3.63, 3.8) is 0 Å². The maximum atomic E-state index is 13.1. The molecule has 0 fully saturated rings. The van der Waals surface area contributed by atoms with Crippen LogP contribution in [-0.4, -0.2) is 48.4 Å². The van der Waals surface area contributed by atoms with Crippen LogP contribution in [0.1, 0.15) is 75.4 Å². The zero-order valence-corrected chi connectivity index (χ0v) is 25.5. The SMILES string of the molecule is CS(=O)(=O)O.Cc1ccc(C)c(C(=O)Oc2ccc(C(O)CNC(C)(C)C)cc2OC(=O)c2cc(C)ccc2C)c1. The summed E-state index contributed by atoms with van der Waals surface area (Å²) >= 11 is 0. The molecule has 3 aromatic rings. The van der Waals surface area contributed by atoms with Crippen LogP contribution in [-0.2, 0) is 10.1 Å². The van der Waals surface area contributed by atoms with Gasteiger partial charge < -0.3 is 19.9 Å². The second-order valence-electron chi connectivity index (χ2n) is 11.0. The standard InChI is InChI=1S/C30H35NO5.CH4O3S/c1-18-8-10-20(3)23(14-18)28(33)35-26-13-12-22(25(32)17-31-30(5,6)7)16-27(26)36-29(34)24-15-19(2)9-11-21(24)4;1-5(2,3)4/h8-16,25,31-32H,17H2,1-7H3;1H3,(H,2,3,4). The zero-order valence-electron chi connectivity index (χ0n) is 24.7. The van der Waals surface area contributed by atoms with Gasteiger partial charge in [-0.05, 0) is 89.4 Å². The van der Waals surface area contributed by atoms with Crippen LogP contribution in [0.4, 0.5) is 0 Å². The van der Waals surface area contributed by atoms with Gasteiger partial charge >= 0.3 is 11.9 Å². The Hall–Kier alpha value is -3.57. The summed E-state index contributed by atoms with van der Waals surface area (Å²) in [6.07, 6.45) is -0.140. The van der Waals surface area contributed by atoms with E-state index in [9.17, 15) is 23.1 Å². The molecule has 1 unspecified atom stereocenters. The summed E-state index contributed by atoms with van der Waals surface area (Å²) < 4.78 is 37.3. The molecule has 0 bridgehead atoms. The van der Waals surface area contributed by atoms with Crippen molar-refractivity contribution in [2.45, 2.75) is 60.1 Å². The fourth-order valence-corrected chi connectivity index (χ4v) is 3.64. The van der Waals surface area contributed by atoms with E-state index in [0.29, 0.717) is 29.5 Å². The maximum Gasteiger partial charge on any atom is 0.343 e. The molecule has 0 aliphatic heterocycles. The van der Waals surface area contributed by atoms with Gasteiger partial charge in [0.15, 0.2) is 11.5 Å². The Morgan fingerprint density at radius 2 is 1.24 bits per heavy atom. The van der Waals surface area contributed by atoms with Crippen molar-refractivity contribution in [2.75, 3.05) is 12.8 Å². The smallest absolute Gasteiger partial charge is 0.343 e. The number of nitrogens with one attached hydrogen (secondary N) is 1. The average molecular weight is 586 g/mol. The van der Waals surface area contributed by atoms with E-state index in [-0.39, 0.29) is 17.0 Å². The van der Waals surface area contributed by atoms with Crippen molar-refractivity contribution < 1.29 is 37.1 Å². The number of hydrogen-bond donors (Lipinski definition) is 3. The highest BCUT2D eigenvalue weighted by atomic mass is 32.2. The molecule has 0 radical (unpaired) electrons. The number of aryl methyl sites for hydroxylation is 4. The van der Waals surface area contributed by atoms with E-state index in [4.69, 9.17) is 14.0 Å². The molecule has 9 nitrogen and oxygen atoms in total. The highest BCUT2D eigenvalue weighted by Gasteiger charge is 2.21. The van der Waals surface area contributed by atoms with E-state index in [1.54, 1.807) is 30.3 Å². The van der Waals surface area contributed by atoms with Gasteiger partial charge in [-0.15, -0.1) is 0 Å². The molecule has 0 amide bonds. The van der Waals surface area contributed by atoms with Gasteiger partial charge in [-0.2, -0.15) is 8.42 Å². The van der Waals surface area contributed by atoms with Gasteiger partial charge in [0, 0.05) is 12.1 Å².